The summed E-state index contributed by atoms with van der Waals surface area (Å²) in [7, 11) is 0. The van der Waals surface area contributed by atoms with Crippen LogP contribution in [0.1, 0.15) is 60.3 Å². The highest BCUT2D eigenvalue weighted by molar-refractivity contribution is 6.05. The van der Waals surface area contributed by atoms with Crippen LogP contribution in [0.4, 0.5) is 0 Å². The van der Waals surface area contributed by atoms with E-state index in [4.69, 9.17) is 23.7 Å². The first kappa shape index (κ1) is 29.9. The van der Waals surface area contributed by atoms with Crippen molar-refractivity contribution in [2.75, 3.05) is 6.61 Å². The molecule has 0 unspecified atom stereocenters. The molecular weight excluding hydrogens is 544 g/mol. The molecule has 3 heterocycles. The van der Waals surface area contributed by atoms with Crippen LogP contribution in [0.15, 0.2) is 48.1 Å². The zero-order valence-corrected chi connectivity index (χ0v) is 24.9. The number of hydrogen-bond donors (Lipinski definition) is 3. The van der Waals surface area contributed by atoms with Gasteiger partial charge in [0.2, 0.25) is 0 Å². The molecule has 10 nitrogen and oxygen atoms in total. The molecule has 230 valence electrons. The maximum atomic E-state index is 13.7. The SMILES string of the molecule is C=C(C)[C@@]12O[C@@]3(C=C/C=C/CCCCC)O[C@H]1[C@@H]1[C@@H]4O[C@]4(CO)[C@@H](O)[C@]4(O)C(=O)C(C)=C[C@H]4[C@@]1(O3)[C@H](C)[C@H]2OC(C)=O. The normalized spacial score (nSPS) is 50.0. The van der Waals surface area contributed by atoms with Gasteiger partial charge in [0, 0.05) is 30.8 Å². The van der Waals surface area contributed by atoms with Crippen LogP contribution in [-0.2, 0) is 33.3 Å². The maximum Gasteiger partial charge on any atom is 0.307 e. The molecule has 3 bridgehead atoms. The van der Waals surface area contributed by atoms with Gasteiger partial charge in [-0.25, -0.2) is 0 Å². The molecule has 12 atom stereocenters. The Balaban J connectivity index is 1.55. The van der Waals surface area contributed by atoms with E-state index in [-0.39, 0.29) is 5.57 Å². The molecule has 0 aromatic heterocycles. The first-order chi connectivity index (χ1) is 19.8. The minimum Gasteiger partial charge on any atom is -0.459 e. The van der Waals surface area contributed by atoms with Gasteiger partial charge in [-0.3, -0.25) is 9.59 Å². The lowest BCUT2D eigenvalue weighted by Crippen LogP contribution is -2.76. The van der Waals surface area contributed by atoms with Gasteiger partial charge in [-0.1, -0.05) is 57.6 Å². The van der Waals surface area contributed by atoms with Gasteiger partial charge in [0.05, 0.1) is 12.2 Å². The van der Waals surface area contributed by atoms with Crippen LogP contribution < -0.4 is 0 Å². The van der Waals surface area contributed by atoms with E-state index in [0.717, 1.165) is 25.7 Å². The van der Waals surface area contributed by atoms with E-state index >= 15 is 0 Å². The van der Waals surface area contributed by atoms with Gasteiger partial charge < -0.3 is 39.0 Å². The number of aliphatic hydroxyl groups excluding tert-OH is 2. The quantitative estimate of drug-likeness (QED) is 0.121. The van der Waals surface area contributed by atoms with Crippen molar-refractivity contribution >= 4 is 11.8 Å². The second-order valence-corrected chi connectivity index (χ2v) is 12.9. The summed E-state index contributed by atoms with van der Waals surface area (Å²) in [5.41, 5.74) is -6.12. The van der Waals surface area contributed by atoms with Crippen LogP contribution in [0.2, 0.25) is 0 Å². The van der Waals surface area contributed by atoms with Gasteiger partial charge in [-0.15, -0.1) is 0 Å². The Hall–Kier alpha value is -2.18. The molecule has 0 radical (unpaired) electrons. The van der Waals surface area contributed by atoms with E-state index in [1.54, 1.807) is 32.1 Å². The summed E-state index contributed by atoms with van der Waals surface area (Å²) in [6, 6.07) is 0. The van der Waals surface area contributed by atoms with Crippen LogP contribution in [0, 0.1) is 17.8 Å². The van der Waals surface area contributed by atoms with E-state index in [2.05, 4.69) is 13.5 Å². The Morgan fingerprint density at radius 3 is 2.55 bits per heavy atom. The molecule has 3 N–H and O–H groups in total. The van der Waals surface area contributed by atoms with Crippen molar-refractivity contribution in [2.24, 2.45) is 17.8 Å². The van der Waals surface area contributed by atoms with Gasteiger partial charge in [0.1, 0.15) is 30.0 Å². The molecule has 2 saturated carbocycles. The molecule has 3 aliphatic carbocycles. The third-order valence-corrected chi connectivity index (χ3v) is 10.6. The highest BCUT2D eigenvalue weighted by atomic mass is 16.9. The number of fused-ring (bicyclic) bond motifs is 3. The second-order valence-electron chi connectivity index (χ2n) is 12.9. The Kier molecular flexibility index (Phi) is 6.87. The number of carbonyl (C=O) groups is 2. The smallest absolute Gasteiger partial charge is 0.307 e. The average molecular weight is 587 g/mol. The molecule has 6 rings (SSSR count). The molecule has 0 aromatic carbocycles. The third kappa shape index (κ3) is 3.51. The van der Waals surface area contributed by atoms with Gasteiger partial charge in [0.25, 0.3) is 0 Å². The number of carbonyl (C=O) groups excluding carboxylic acids is 2. The van der Waals surface area contributed by atoms with E-state index in [1.165, 1.54) is 6.92 Å². The summed E-state index contributed by atoms with van der Waals surface area (Å²) in [4.78, 5) is 26.2. The monoisotopic (exact) mass is 586 g/mol. The predicted octanol–water partition coefficient (Wildman–Crippen LogP) is 2.41. The van der Waals surface area contributed by atoms with E-state index in [9.17, 15) is 24.9 Å². The van der Waals surface area contributed by atoms with Crippen LogP contribution in [0.3, 0.4) is 0 Å². The number of allylic oxidation sites excluding steroid dienone is 3. The highest BCUT2D eigenvalue weighted by Gasteiger charge is 2.90. The first-order valence-electron chi connectivity index (χ1n) is 15.0. The lowest BCUT2D eigenvalue weighted by molar-refractivity contribution is -0.407. The summed E-state index contributed by atoms with van der Waals surface area (Å²) in [5, 5.41) is 34.4. The number of ketones is 1. The fourth-order valence-corrected chi connectivity index (χ4v) is 8.66. The number of Topliss-reactive ketones (excluding diaryl/α,β-unsaturated/α-hetero) is 1. The molecular formula is C32H42O10. The molecule has 0 aromatic rings. The fraction of sp³-hybridized carbons (Fsp3) is 0.688. The topological polar surface area (TPSA) is 144 Å². The van der Waals surface area contributed by atoms with Crippen molar-refractivity contribution in [3.63, 3.8) is 0 Å². The van der Waals surface area contributed by atoms with Crippen molar-refractivity contribution in [1.29, 1.82) is 0 Å². The van der Waals surface area contributed by atoms with Crippen molar-refractivity contribution in [1.82, 2.24) is 0 Å². The predicted molar refractivity (Wildman–Crippen MR) is 149 cm³/mol. The number of rotatable bonds is 9. The van der Waals surface area contributed by atoms with E-state index in [1.807, 2.05) is 19.1 Å². The number of epoxide rings is 1. The van der Waals surface area contributed by atoms with Crippen LogP contribution in [0.25, 0.3) is 0 Å². The molecule has 3 saturated heterocycles. The number of hydrogen-bond acceptors (Lipinski definition) is 10. The molecule has 10 heteroatoms. The molecule has 0 amide bonds. The number of aliphatic hydroxyl groups is 3. The first-order valence-corrected chi connectivity index (χ1v) is 15.0. The zero-order chi connectivity index (χ0) is 30.5. The van der Waals surface area contributed by atoms with Crippen LogP contribution in [0.5, 0.6) is 0 Å². The summed E-state index contributed by atoms with van der Waals surface area (Å²) in [6.45, 7) is 12.2. The second kappa shape index (κ2) is 9.66. The maximum absolute atomic E-state index is 13.7. The van der Waals surface area contributed by atoms with Gasteiger partial charge >= 0.3 is 11.9 Å². The van der Waals surface area contributed by atoms with Crippen LogP contribution in [-0.4, -0.2) is 86.5 Å². The molecule has 0 spiro atoms. The molecule has 42 heavy (non-hydrogen) atoms. The zero-order valence-electron chi connectivity index (χ0n) is 24.9. The van der Waals surface area contributed by atoms with E-state index in [0.29, 0.717) is 5.57 Å². The molecule has 6 aliphatic rings. The minimum atomic E-state index is -2.38. The summed E-state index contributed by atoms with van der Waals surface area (Å²) in [5.74, 6) is -5.58. The highest BCUT2D eigenvalue weighted by Crippen LogP contribution is 2.73. The van der Waals surface area contributed by atoms with Gasteiger partial charge in [0.15, 0.2) is 17.0 Å². The lowest BCUT2D eigenvalue weighted by atomic mass is 9.53. The number of ether oxygens (including phenoxy) is 5. The summed E-state index contributed by atoms with van der Waals surface area (Å²) < 4.78 is 32.4. The average Bonchev–Trinajstić information content (AvgIpc) is 3.57. The number of unbranched alkanes of at least 4 members (excludes halogenated alkanes) is 3. The van der Waals surface area contributed by atoms with Crippen molar-refractivity contribution in [3.05, 3.63) is 48.1 Å². The Bertz CT molecular complexity index is 1290. The Morgan fingerprint density at radius 2 is 1.90 bits per heavy atom. The van der Waals surface area contributed by atoms with Gasteiger partial charge in [-0.2, -0.15) is 0 Å². The summed E-state index contributed by atoms with van der Waals surface area (Å²) in [6.07, 6.45) is 8.71. The number of esters is 1. The fourth-order valence-electron chi connectivity index (χ4n) is 8.66. The van der Waals surface area contributed by atoms with Crippen molar-refractivity contribution < 1.29 is 48.6 Å². The molecule has 3 aliphatic heterocycles. The third-order valence-electron chi connectivity index (χ3n) is 10.6. The lowest BCUT2D eigenvalue weighted by Gasteiger charge is -2.61. The molecule has 5 fully saturated rings. The van der Waals surface area contributed by atoms with Gasteiger partial charge in [-0.05, 0) is 37.8 Å². The largest absolute Gasteiger partial charge is 0.459 e. The summed E-state index contributed by atoms with van der Waals surface area (Å²) >= 11 is 0. The Labute approximate surface area is 246 Å². The van der Waals surface area contributed by atoms with Crippen molar-refractivity contribution in [2.45, 2.75) is 113 Å². The van der Waals surface area contributed by atoms with Crippen LogP contribution >= 0.6 is 0 Å². The Morgan fingerprint density at radius 1 is 1.17 bits per heavy atom. The standard InChI is InChI=1S/C32H42O10/c1-7-8-9-10-11-12-13-14-29-40-26-22-25-28(16-33,39-25)27(36)30(37)21(15-18(4)23(30)35)32(22,42-29)19(5)24(38-20(6)34)31(26,41-29)17(2)3/h11-15,19,21-22,24-27,33,36-37H,2,7-10,16H2,1,3-6H3/b12-11+,14-13?/t19-,21-,22+,24-,25+,26+,27-,28+,29-,30-,31+,32+/m1/s1. The minimum absolute atomic E-state index is 0.248. The van der Waals surface area contributed by atoms with Crippen molar-refractivity contribution in [3.8, 4) is 0 Å². The van der Waals surface area contributed by atoms with E-state index < -0.39 is 88.9 Å².